The molecule has 3 rings (SSSR count). The fraction of sp³-hybridized carbons (Fsp3) is 0.389. The average Bonchev–Trinajstić information content (AvgIpc) is 2.86. The summed E-state index contributed by atoms with van der Waals surface area (Å²) < 4.78 is 46.0. The lowest BCUT2D eigenvalue weighted by molar-refractivity contribution is -0.143. The van der Waals surface area contributed by atoms with Gasteiger partial charge in [-0.15, -0.1) is 0 Å². The van der Waals surface area contributed by atoms with Crippen molar-refractivity contribution in [3.05, 3.63) is 46.6 Å². The van der Waals surface area contributed by atoms with E-state index in [0.29, 0.717) is 28.4 Å². The molecule has 1 aromatic heterocycles. The molecule has 1 aliphatic rings. The van der Waals surface area contributed by atoms with E-state index in [0.717, 1.165) is 12.1 Å². The molecule has 2 heterocycles. The lowest BCUT2D eigenvalue weighted by Gasteiger charge is -2.30. The minimum Gasteiger partial charge on any atom is -0.468 e. The maximum atomic E-state index is 13.2. The molecule has 8 heteroatoms. The highest BCUT2D eigenvalue weighted by molar-refractivity contribution is 6.05. The van der Waals surface area contributed by atoms with Gasteiger partial charge in [-0.3, -0.25) is 9.48 Å². The quantitative estimate of drug-likeness (QED) is 0.761. The zero-order valence-electron chi connectivity index (χ0n) is 14.8. The highest BCUT2D eigenvalue weighted by atomic mass is 19.4. The Kier molecular flexibility index (Phi) is 4.37. The van der Waals surface area contributed by atoms with Gasteiger partial charge in [0.05, 0.1) is 18.4 Å². The Morgan fingerprint density at radius 2 is 1.96 bits per heavy atom. The van der Waals surface area contributed by atoms with E-state index < -0.39 is 29.5 Å². The first-order valence-corrected chi connectivity index (χ1v) is 7.98. The zero-order valence-corrected chi connectivity index (χ0v) is 14.8. The van der Waals surface area contributed by atoms with E-state index in [9.17, 15) is 18.0 Å². The number of methoxy groups -OCH3 is 1. The SMILES string of the molecule is COC(=O)C1C(C)=Nc2c(c(C)nn2C)C1c1cccc(C(F)(F)F)c1. The van der Waals surface area contributed by atoms with E-state index in [1.54, 1.807) is 31.6 Å². The van der Waals surface area contributed by atoms with Crippen LogP contribution in [-0.2, 0) is 22.8 Å². The molecule has 0 bridgehead atoms. The normalized spacial score (nSPS) is 19.7. The highest BCUT2D eigenvalue weighted by Crippen LogP contribution is 2.45. The van der Waals surface area contributed by atoms with Crippen molar-refractivity contribution in [2.75, 3.05) is 7.11 Å². The molecule has 0 radical (unpaired) electrons. The van der Waals surface area contributed by atoms with E-state index >= 15 is 0 Å². The molecule has 0 N–H and O–H groups in total. The Hall–Kier alpha value is -2.64. The number of fused-ring (bicyclic) bond motifs is 1. The van der Waals surface area contributed by atoms with Crippen LogP contribution in [0.5, 0.6) is 0 Å². The van der Waals surface area contributed by atoms with E-state index in [4.69, 9.17) is 4.74 Å². The lowest BCUT2D eigenvalue weighted by atomic mass is 9.76. The topological polar surface area (TPSA) is 56.5 Å². The fourth-order valence-electron chi connectivity index (χ4n) is 3.50. The molecule has 0 saturated carbocycles. The summed E-state index contributed by atoms with van der Waals surface area (Å²) in [7, 11) is 2.97. The first-order valence-electron chi connectivity index (χ1n) is 7.98. The molecule has 0 aliphatic carbocycles. The van der Waals surface area contributed by atoms with Gasteiger partial charge in [-0.2, -0.15) is 18.3 Å². The zero-order chi connectivity index (χ0) is 19.2. The summed E-state index contributed by atoms with van der Waals surface area (Å²) in [6, 6.07) is 5.02. The average molecular weight is 365 g/mol. The van der Waals surface area contributed by atoms with Crippen LogP contribution in [0, 0.1) is 12.8 Å². The number of alkyl halides is 3. The van der Waals surface area contributed by atoms with Crippen LogP contribution in [0.2, 0.25) is 0 Å². The fourth-order valence-corrected chi connectivity index (χ4v) is 3.50. The van der Waals surface area contributed by atoms with Crippen molar-refractivity contribution in [3.8, 4) is 0 Å². The maximum absolute atomic E-state index is 13.2. The van der Waals surface area contributed by atoms with Crippen molar-refractivity contribution in [1.82, 2.24) is 9.78 Å². The summed E-state index contributed by atoms with van der Waals surface area (Å²) in [5, 5.41) is 4.33. The van der Waals surface area contributed by atoms with Crippen LogP contribution in [0.15, 0.2) is 29.3 Å². The molecule has 5 nitrogen and oxygen atoms in total. The van der Waals surface area contributed by atoms with Crippen molar-refractivity contribution < 1.29 is 22.7 Å². The number of aryl methyl sites for hydroxylation is 2. The first kappa shape index (κ1) is 18.2. The summed E-state index contributed by atoms with van der Waals surface area (Å²) in [5.74, 6) is -1.45. The van der Waals surface area contributed by atoms with Gasteiger partial charge in [-0.25, -0.2) is 4.99 Å². The Bertz CT molecular complexity index is 900. The Morgan fingerprint density at radius 3 is 2.58 bits per heavy atom. The molecular formula is C18H18F3N3O2. The van der Waals surface area contributed by atoms with Crippen LogP contribution in [0.3, 0.4) is 0 Å². The maximum Gasteiger partial charge on any atom is 0.416 e. The summed E-state index contributed by atoms with van der Waals surface area (Å²) in [6.07, 6.45) is -4.47. The van der Waals surface area contributed by atoms with Crippen LogP contribution in [0.1, 0.15) is 35.2 Å². The Labute approximate surface area is 148 Å². The smallest absolute Gasteiger partial charge is 0.416 e. The Balaban J connectivity index is 2.25. The number of rotatable bonds is 2. The number of carbonyl (C=O) groups is 1. The van der Waals surface area contributed by atoms with Crippen molar-refractivity contribution in [2.24, 2.45) is 18.0 Å². The van der Waals surface area contributed by atoms with Crippen molar-refractivity contribution in [1.29, 1.82) is 0 Å². The van der Waals surface area contributed by atoms with Gasteiger partial charge in [0.1, 0.15) is 5.92 Å². The number of nitrogens with zero attached hydrogens (tertiary/aromatic N) is 3. The predicted octanol–water partition coefficient (Wildman–Crippen LogP) is 3.77. The molecule has 1 aromatic carbocycles. The van der Waals surface area contributed by atoms with Gasteiger partial charge < -0.3 is 4.74 Å². The molecule has 1 aliphatic heterocycles. The van der Waals surface area contributed by atoms with Crippen molar-refractivity contribution in [2.45, 2.75) is 25.9 Å². The number of carbonyl (C=O) groups excluding carboxylic acids is 1. The number of benzene rings is 1. The molecule has 0 fully saturated rings. The van der Waals surface area contributed by atoms with Crippen LogP contribution in [0.4, 0.5) is 19.0 Å². The highest BCUT2D eigenvalue weighted by Gasteiger charge is 2.42. The third-order valence-electron chi connectivity index (χ3n) is 4.64. The van der Waals surface area contributed by atoms with Crippen LogP contribution in [-0.4, -0.2) is 28.6 Å². The summed E-state index contributed by atoms with van der Waals surface area (Å²) >= 11 is 0. The minimum absolute atomic E-state index is 0.377. The van der Waals surface area contributed by atoms with Crippen LogP contribution in [0.25, 0.3) is 0 Å². The second-order valence-corrected chi connectivity index (χ2v) is 6.30. The molecule has 138 valence electrons. The molecule has 2 atom stereocenters. The summed E-state index contributed by atoms with van der Waals surface area (Å²) in [5.41, 5.74) is 1.36. The van der Waals surface area contributed by atoms with Gasteiger partial charge in [-0.05, 0) is 25.5 Å². The number of ether oxygens (including phenoxy) is 1. The monoisotopic (exact) mass is 365 g/mol. The van der Waals surface area contributed by atoms with Gasteiger partial charge in [0.2, 0.25) is 0 Å². The molecule has 0 spiro atoms. The number of aliphatic imine (C=N–C) groups is 1. The van der Waals surface area contributed by atoms with E-state index in [1.807, 2.05) is 0 Å². The number of esters is 1. The number of hydrogen-bond donors (Lipinski definition) is 0. The lowest BCUT2D eigenvalue weighted by Crippen LogP contribution is -2.33. The van der Waals surface area contributed by atoms with Gasteiger partial charge in [0, 0.05) is 24.2 Å². The van der Waals surface area contributed by atoms with E-state index in [2.05, 4.69) is 10.1 Å². The predicted molar refractivity (Wildman–Crippen MR) is 89.5 cm³/mol. The molecule has 0 amide bonds. The van der Waals surface area contributed by atoms with E-state index in [-0.39, 0.29) is 0 Å². The largest absolute Gasteiger partial charge is 0.468 e. The van der Waals surface area contributed by atoms with Crippen molar-refractivity contribution in [3.63, 3.8) is 0 Å². The molecule has 26 heavy (non-hydrogen) atoms. The second-order valence-electron chi connectivity index (χ2n) is 6.30. The Morgan fingerprint density at radius 1 is 1.27 bits per heavy atom. The summed E-state index contributed by atoms with van der Waals surface area (Å²) in [4.78, 5) is 16.9. The molecule has 2 aromatic rings. The third-order valence-corrected chi connectivity index (χ3v) is 4.64. The third kappa shape index (κ3) is 2.89. The summed E-state index contributed by atoms with van der Waals surface area (Å²) in [6.45, 7) is 3.43. The van der Waals surface area contributed by atoms with Gasteiger partial charge in [-0.1, -0.05) is 18.2 Å². The standard InChI is InChI=1S/C18H18F3N3O2/c1-9-14(17(25)26-4)15(13-10(2)23-24(3)16(13)22-9)11-6-5-7-12(8-11)18(19,20)21/h5-8,14-15H,1-4H3. The molecular weight excluding hydrogens is 347 g/mol. The van der Waals surface area contributed by atoms with Gasteiger partial charge >= 0.3 is 12.1 Å². The number of hydrogen-bond acceptors (Lipinski definition) is 4. The van der Waals surface area contributed by atoms with Crippen molar-refractivity contribution >= 4 is 17.5 Å². The molecule has 2 unspecified atom stereocenters. The molecule has 0 saturated heterocycles. The van der Waals surface area contributed by atoms with Gasteiger partial charge in [0.15, 0.2) is 5.82 Å². The first-order chi connectivity index (χ1) is 12.1. The second kappa shape index (κ2) is 6.26. The van der Waals surface area contributed by atoms with Crippen LogP contribution >= 0.6 is 0 Å². The minimum atomic E-state index is -4.47. The number of aromatic nitrogens is 2. The van der Waals surface area contributed by atoms with E-state index in [1.165, 1.54) is 13.2 Å². The van der Waals surface area contributed by atoms with Gasteiger partial charge in [0.25, 0.3) is 0 Å². The number of halogens is 3. The van der Waals surface area contributed by atoms with Crippen LogP contribution < -0.4 is 0 Å².